The number of benzene rings is 1. The zero-order valence-corrected chi connectivity index (χ0v) is 11.1. The summed E-state index contributed by atoms with van der Waals surface area (Å²) in [7, 11) is 2.11. The van der Waals surface area contributed by atoms with Crippen LogP contribution in [-0.4, -0.2) is 55.0 Å². The molecule has 0 spiro atoms. The highest BCUT2D eigenvalue weighted by Gasteiger charge is 2.33. The Hall–Kier alpha value is -1.59. The van der Waals surface area contributed by atoms with Crippen molar-refractivity contribution in [1.82, 2.24) is 15.5 Å². The molecule has 2 N–H and O–H groups in total. The summed E-state index contributed by atoms with van der Waals surface area (Å²) in [6.45, 7) is 3.89. The Morgan fingerprint density at radius 1 is 1.26 bits per heavy atom. The number of amides is 1. The van der Waals surface area contributed by atoms with Crippen molar-refractivity contribution >= 4 is 17.3 Å². The van der Waals surface area contributed by atoms with Crippen molar-refractivity contribution in [1.29, 1.82) is 0 Å². The number of rotatable bonds is 1. The van der Waals surface area contributed by atoms with Gasteiger partial charge in [-0.05, 0) is 25.1 Å². The smallest absolute Gasteiger partial charge is 0.242 e. The van der Waals surface area contributed by atoms with Crippen molar-refractivity contribution < 1.29 is 4.79 Å². The van der Waals surface area contributed by atoms with Crippen LogP contribution in [0.1, 0.15) is 5.56 Å². The monoisotopic (exact) mass is 259 g/mol. The highest BCUT2D eigenvalue weighted by Crippen LogP contribution is 2.30. The van der Waals surface area contributed by atoms with Crippen LogP contribution in [0.2, 0.25) is 0 Å². The molecule has 1 atom stereocenters. The maximum absolute atomic E-state index is 12.2. The number of para-hydroxylation sites is 1. The lowest BCUT2D eigenvalue weighted by Crippen LogP contribution is -2.54. The highest BCUT2D eigenvalue weighted by molar-refractivity contribution is 6.00. The molecule has 0 aliphatic carbocycles. The van der Waals surface area contributed by atoms with E-state index in [1.54, 1.807) is 6.07 Å². The summed E-state index contributed by atoms with van der Waals surface area (Å²) in [4.78, 5) is 16.8. The first-order valence-corrected chi connectivity index (χ1v) is 6.72. The molecule has 2 aliphatic heterocycles. The molecule has 2 aliphatic rings. The molecule has 5 nitrogen and oxygen atoms in total. The lowest BCUT2D eigenvalue weighted by atomic mass is 9.96. The van der Waals surface area contributed by atoms with Crippen LogP contribution in [-0.2, 0) is 11.2 Å². The summed E-state index contributed by atoms with van der Waals surface area (Å²) in [6.07, 6.45) is 0.720. The molecule has 101 valence electrons. The third kappa shape index (κ3) is 2.31. The minimum Gasteiger partial charge on any atom is -0.323 e. The molecule has 5 heteroatoms. The molecule has 1 aromatic carbocycles. The quantitative estimate of drug-likeness (QED) is 0.808. The van der Waals surface area contributed by atoms with E-state index in [9.17, 15) is 4.79 Å². The maximum atomic E-state index is 12.2. The van der Waals surface area contributed by atoms with Gasteiger partial charge in [-0.2, -0.15) is 0 Å². The molecule has 3 rings (SSSR count). The van der Waals surface area contributed by atoms with Gasteiger partial charge in [0.2, 0.25) is 5.91 Å². The van der Waals surface area contributed by atoms with Crippen molar-refractivity contribution in [2.45, 2.75) is 12.5 Å². The van der Waals surface area contributed by atoms with Crippen LogP contribution in [0.5, 0.6) is 0 Å². The zero-order chi connectivity index (χ0) is 13.4. The van der Waals surface area contributed by atoms with Crippen molar-refractivity contribution in [2.24, 2.45) is 0 Å². The van der Waals surface area contributed by atoms with E-state index in [2.05, 4.69) is 22.2 Å². The Bertz CT molecular complexity index is 494. The number of hydrogen-bond donors (Lipinski definition) is 1. The summed E-state index contributed by atoms with van der Waals surface area (Å²) in [5.41, 5.74) is 10.0. The summed E-state index contributed by atoms with van der Waals surface area (Å²) in [5.74, 6) is 0.0387. The van der Waals surface area contributed by atoms with E-state index < -0.39 is 0 Å². The third-order valence-electron chi connectivity index (χ3n) is 4.09. The molecule has 1 unspecified atom stereocenters. The van der Waals surface area contributed by atoms with Gasteiger partial charge in [0, 0.05) is 26.2 Å². The van der Waals surface area contributed by atoms with E-state index in [0.717, 1.165) is 38.2 Å². The summed E-state index contributed by atoms with van der Waals surface area (Å²) in [6, 6.07) is 5.54. The number of carbonyl (C=O) groups excluding carboxylic acids is 1. The first-order chi connectivity index (χ1) is 9.15. The second kappa shape index (κ2) is 4.83. The fraction of sp³-hybridized carbons (Fsp3) is 0.500. The molecule has 1 saturated heterocycles. The van der Waals surface area contributed by atoms with Crippen LogP contribution in [0.25, 0.3) is 0 Å². The number of anilines is 1. The van der Waals surface area contributed by atoms with Gasteiger partial charge < -0.3 is 10.2 Å². The molecular formula is C14H19N4O. The van der Waals surface area contributed by atoms with Crippen LogP contribution < -0.4 is 11.1 Å². The van der Waals surface area contributed by atoms with Crippen LogP contribution >= 0.6 is 0 Å². The molecule has 0 aromatic heterocycles. The fourth-order valence-electron chi connectivity index (χ4n) is 2.85. The number of piperazine rings is 1. The molecule has 1 radical (unpaired) electrons. The number of nitrogens with zero attached hydrogens (tertiary/aromatic N) is 2. The van der Waals surface area contributed by atoms with E-state index in [1.807, 2.05) is 12.1 Å². The first-order valence-electron chi connectivity index (χ1n) is 6.72. The average Bonchev–Trinajstić information content (AvgIpc) is 2.40. The number of fused-ring (bicyclic) bond motifs is 1. The Kier molecular flexibility index (Phi) is 3.16. The third-order valence-corrected chi connectivity index (χ3v) is 4.09. The predicted molar refractivity (Wildman–Crippen MR) is 74.4 cm³/mol. The van der Waals surface area contributed by atoms with Crippen LogP contribution in [0, 0.1) is 0 Å². The van der Waals surface area contributed by atoms with Crippen LogP contribution in [0.4, 0.5) is 11.4 Å². The lowest BCUT2D eigenvalue weighted by molar-refractivity contribution is -0.122. The van der Waals surface area contributed by atoms with Gasteiger partial charge in [-0.15, -0.1) is 0 Å². The van der Waals surface area contributed by atoms with Crippen molar-refractivity contribution in [3.63, 3.8) is 0 Å². The van der Waals surface area contributed by atoms with Gasteiger partial charge in [0.15, 0.2) is 0 Å². The van der Waals surface area contributed by atoms with Crippen molar-refractivity contribution in [3.05, 3.63) is 23.8 Å². The second-order valence-corrected chi connectivity index (χ2v) is 5.39. The summed E-state index contributed by atoms with van der Waals surface area (Å²) < 4.78 is 0. The van der Waals surface area contributed by atoms with Gasteiger partial charge in [-0.3, -0.25) is 15.4 Å². The van der Waals surface area contributed by atoms with Gasteiger partial charge in [-0.1, -0.05) is 12.1 Å². The minimum atomic E-state index is -0.0806. The highest BCUT2D eigenvalue weighted by atomic mass is 16.2. The van der Waals surface area contributed by atoms with E-state index in [1.165, 1.54) is 0 Å². The topological polar surface area (TPSA) is 59.4 Å². The molecule has 1 fully saturated rings. The summed E-state index contributed by atoms with van der Waals surface area (Å²) >= 11 is 0. The zero-order valence-electron chi connectivity index (χ0n) is 11.1. The Morgan fingerprint density at radius 2 is 2.00 bits per heavy atom. The van der Waals surface area contributed by atoms with Gasteiger partial charge >= 0.3 is 0 Å². The van der Waals surface area contributed by atoms with Gasteiger partial charge in [0.1, 0.15) is 0 Å². The van der Waals surface area contributed by atoms with E-state index in [0.29, 0.717) is 11.4 Å². The van der Waals surface area contributed by atoms with E-state index >= 15 is 0 Å². The lowest BCUT2D eigenvalue weighted by Gasteiger charge is -2.39. The SMILES string of the molecule is CN1CCN(C2Cc3cccc([NH])c3NC2=O)CC1. The van der Waals surface area contributed by atoms with Crippen LogP contribution in [0.15, 0.2) is 18.2 Å². The molecule has 19 heavy (non-hydrogen) atoms. The molecule has 0 saturated carbocycles. The number of carbonyl (C=O) groups is 1. The minimum absolute atomic E-state index is 0.0387. The maximum Gasteiger partial charge on any atom is 0.242 e. The van der Waals surface area contributed by atoms with E-state index in [-0.39, 0.29) is 11.9 Å². The average molecular weight is 259 g/mol. The summed E-state index contributed by atoms with van der Waals surface area (Å²) in [5, 5.41) is 2.91. The van der Waals surface area contributed by atoms with E-state index in [4.69, 9.17) is 5.73 Å². The van der Waals surface area contributed by atoms with Crippen LogP contribution in [0.3, 0.4) is 0 Å². The Labute approximate surface area is 113 Å². The molecule has 1 amide bonds. The van der Waals surface area contributed by atoms with Crippen molar-refractivity contribution in [3.8, 4) is 0 Å². The van der Waals surface area contributed by atoms with Gasteiger partial charge in [0.05, 0.1) is 17.4 Å². The molecule has 1 aromatic rings. The predicted octanol–water partition coefficient (Wildman–Crippen LogP) is 0.712. The van der Waals surface area contributed by atoms with Crippen molar-refractivity contribution in [2.75, 3.05) is 38.5 Å². The standard InChI is InChI=1S/C14H19N4O/c1-17-5-7-18(8-6-17)12-9-10-3-2-4-11(15)13(10)16-14(12)19/h2-4,12,15H,5-9H2,1H3,(H,16,19). The van der Waals surface area contributed by atoms with Gasteiger partial charge in [0.25, 0.3) is 0 Å². The number of likely N-dealkylation sites (N-methyl/N-ethyl adjacent to an activating group) is 1. The molecule has 2 heterocycles. The van der Waals surface area contributed by atoms with Gasteiger partial charge in [-0.25, -0.2) is 0 Å². The Morgan fingerprint density at radius 3 is 2.74 bits per heavy atom. The normalized spacial score (nSPS) is 24.9. The first kappa shape index (κ1) is 12.4. The second-order valence-electron chi connectivity index (χ2n) is 5.39. The number of nitrogens with one attached hydrogen (secondary N) is 2. The molecular weight excluding hydrogens is 240 g/mol. The largest absolute Gasteiger partial charge is 0.323 e. The molecule has 0 bridgehead atoms. The number of hydrogen-bond acceptors (Lipinski definition) is 3. The fourth-order valence-corrected chi connectivity index (χ4v) is 2.85. The Balaban J connectivity index is 1.80.